The number of hydrogen-bond acceptors (Lipinski definition) is 2. The second kappa shape index (κ2) is 12.5. The van der Waals surface area contributed by atoms with Gasteiger partial charge in [0.2, 0.25) is 0 Å². The van der Waals surface area contributed by atoms with Gasteiger partial charge in [0.15, 0.2) is 5.58 Å². The van der Waals surface area contributed by atoms with E-state index < -0.39 is 0 Å². The summed E-state index contributed by atoms with van der Waals surface area (Å²) < 4.78 is 14.6. The number of nitrogens with zero attached hydrogens (tertiary/aromatic N) is 3. The van der Waals surface area contributed by atoms with Gasteiger partial charge in [-0.25, -0.2) is 0 Å². The molecular weight excluding hydrogens is 818 g/mol. The summed E-state index contributed by atoms with van der Waals surface area (Å²) in [6, 6.07) is 33.1. The van der Waals surface area contributed by atoms with Gasteiger partial charge in [-0.2, -0.15) is 0 Å². The molecule has 4 atom stereocenters. The predicted octanol–water partition coefficient (Wildman–Crippen LogP) is 13.8. The van der Waals surface area contributed by atoms with Gasteiger partial charge in [0.05, 0.1) is 21.9 Å². The normalized spacial score (nSPS) is 26.8. The molecule has 0 saturated heterocycles. The minimum absolute atomic E-state index is 0.133. The van der Waals surface area contributed by atoms with Crippen molar-refractivity contribution in [1.82, 2.24) is 13.8 Å². The number of furan rings is 1. The Balaban J connectivity index is 1.06. The molecule has 6 aromatic carbocycles. The monoisotopic (exact) mass is 873 g/mol. The number of benzene rings is 6. The van der Waals surface area contributed by atoms with Crippen LogP contribution in [0.15, 0.2) is 94.1 Å². The summed E-state index contributed by atoms with van der Waals surface area (Å²) in [6.07, 6.45) is 13.3. The van der Waals surface area contributed by atoms with Crippen LogP contribution < -0.4 is 16.5 Å². The average molecular weight is 874 g/mol. The van der Waals surface area contributed by atoms with Gasteiger partial charge in [0.25, 0.3) is 5.56 Å². The van der Waals surface area contributed by atoms with Crippen LogP contribution in [0, 0.1) is 23.7 Å². The van der Waals surface area contributed by atoms with Crippen LogP contribution in [-0.2, 0) is 0 Å². The second-order valence-electron chi connectivity index (χ2n) is 24.0. The van der Waals surface area contributed by atoms with Gasteiger partial charge in [-0.05, 0) is 204 Å². The highest BCUT2D eigenvalue weighted by Crippen LogP contribution is 2.60. The molecule has 19 rings (SSSR count). The predicted molar refractivity (Wildman–Crippen MR) is 274 cm³/mol. The van der Waals surface area contributed by atoms with Gasteiger partial charge in [-0.3, -0.25) is 14.1 Å². The van der Waals surface area contributed by atoms with Crippen LogP contribution in [0.3, 0.4) is 0 Å². The lowest BCUT2D eigenvalue weighted by atomic mass is 9.49. The molecule has 4 unspecified atom stereocenters. The number of para-hydroxylation sites is 1. The van der Waals surface area contributed by atoms with E-state index in [1.54, 1.807) is 11.1 Å². The van der Waals surface area contributed by atoms with Gasteiger partial charge >= 0.3 is 6.85 Å². The minimum Gasteiger partial charge on any atom is -0.454 e. The summed E-state index contributed by atoms with van der Waals surface area (Å²) in [5.74, 6) is 6.35. The lowest BCUT2D eigenvalue weighted by Crippen LogP contribution is -2.53. The average Bonchev–Trinajstić information content (AvgIpc) is 4.00. The fourth-order valence-corrected chi connectivity index (χ4v) is 17.7. The third kappa shape index (κ3) is 4.50. The molecule has 8 bridgehead atoms. The molecule has 67 heavy (non-hydrogen) atoms. The fraction of sp³-hybridized carbons (Fsp3) is 0.393. The Hall–Kier alpha value is -5.75. The third-order valence-corrected chi connectivity index (χ3v) is 19.8. The Morgan fingerprint density at radius 3 is 1.96 bits per heavy atom. The highest BCUT2D eigenvalue weighted by molar-refractivity contribution is 6.89. The van der Waals surface area contributed by atoms with E-state index >= 15 is 4.79 Å². The van der Waals surface area contributed by atoms with E-state index in [1.165, 1.54) is 147 Å². The van der Waals surface area contributed by atoms with E-state index in [0.717, 1.165) is 51.4 Å². The molecular formula is C61H56BN3O2. The van der Waals surface area contributed by atoms with Gasteiger partial charge in [0, 0.05) is 32.7 Å². The lowest BCUT2D eigenvalue weighted by Gasteiger charge is -2.38. The Morgan fingerprint density at radius 1 is 0.597 bits per heavy atom. The molecule has 3 aromatic heterocycles. The van der Waals surface area contributed by atoms with E-state index in [0.29, 0.717) is 35.5 Å². The van der Waals surface area contributed by atoms with Crippen molar-refractivity contribution >= 4 is 72.4 Å². The first-order valence-electron chi connectivity index (χ1n) is 26.3. The molecule has 10 aliphatic rings. The smallest absolute Gasteiger partial charge is 0.358 e. The molecule has 4 saturated carbocycles. The molecule has 0 spiro atoms. The molecule has 9 aromatic rings. The van der Waals surface area contributed by atoms with E-state index in [4.69, 9.17) is 4.42 Å². The molecule has 0 amide bonds. The molecule has 5 nitrogen and oxygen atoms in total. The summed E-state index contributed by atoms with van der Waals surface area (Å²) in [7, 11) is 0. The number of aromatic nitrogens is 3. The van der Waals surface area contributed by atoms with Crippen molar-refractivity contribution in [2.45, 2.75) is 127 Å². The molecule has 4 fully saturated rings. The maximum atomic E-state index is 16.0. The van der Waals surface area contributed by atoms with Gasteiger partial charge in [-0.15, -0.1) is 0 Å². The number of rotatable bonds is 3. The van der Waals surface area contributed by atoms with Crippen molar-refractivity contribution in [3.05, 3.63) is 129 Å². The SMILES string of the molecule is CC(C)c1cccc(C(C)C)c1-c1ccc2c(c1)B1c3c(c4oc5ccccc5c4c4c5c6c(ccc5n-2c34)C2CC3CC(C2)CC6C3)-n2c3cc4c(cc3c(=O)n21)C1CC2CC(C1)CC4C2. The molecule has 2 aliphatic heterocycles. The Bertz CT molecular complexity index is 3780. The molecule has 0 radical (unpaired) electrons. The third-order valence-electron chi connectivity index (χ3n) is 19.8. The van der Waals surface area contributed by atoms with E-state index in [2.05, 4.69) is 126 Å². The quantitative estimate of drug-likeness (QED) is 0.166. The van der Waals surface area contributed by atoms with E-state index in [1.807, 2.05) is 0 Å². The highest BCUT2D eigenvalue weighted by Gasteiger charge is 2.50. The fourth-order valence-electron chi connectivity index (χ4n) is 17.7. The summed E-state index contributed by atoms with van der Waals surface area (Å²) in [6.45, 7) is 9.02. The molecule has 0 N–H and O–H groups in total. The van der Waals surface area contributed by atoms with Gasteiger partial charge in [-0.1, -0.05) is 82.3 Å². The zero-order chi connectivity index (χ0) is 44.0. The van der Waals surface area contributed by atoms with E-state index in [9.17, 15) is 0 Å². The first-order valence-corrected chi connectivity index (χ1v) is 26.3. The molecule has 330 valence electrons. The molecule has 5 heterocycles. The zero-order valence-corrected chi connectivity index (χ0v) is 39.2. The van der Waals surface area contributed by atoms with Crippen molar-refractivity contribution in [3.63, 3.8) is 0 Å². The minimum atomic E-state index is -0.312. The highest BCUT2D eigenvalue weighted by atomic mass is 16.3. The zero-order valence-electron chi connectivity index (χ0n) is 39.2. The standard InChI is InChI=1S/C61H56BN3O2/c1-29(2)40-9-7-10-41(30(3)4)52(40)35-12-14-48-47(26-35)62-57-58-56(55-49(63(48)58)15-13-42-36-18-33-17-34(19-36)25-39(24-33)53(42)55)54-43-8-5-6-11-51(43)67-60(54)59(57)64-50-28-45-38-22-31-16-32(23-38)21-37(20-31)44(45)27-46(50)61(66)65(62)64/h5-15,26-34,36-39H,16-25H2,1-4H3. The van der Waals surface area contributed by atoms with Crippen molar-refractivity contribution in [2.24, 2.45) is 23.7 Å². The Morgan fingerprint density at radius 2 is 1.25 bits per heavy atom. The van der Waals surface area contributed by atoms with Crippen molar-refractivity contribution < 1.29 is 4.42 Å². The lowest BCUT2D eigenvalue weighted by molar-refractivity contribution is 0.166. The van der Waals surface area contributed by atoms with Crippen LogP contribution in [0.4, 0.5) is 0 Å². The topological polar surface area (TPSA) is 45.0 Å². The van der Waals surface area contributed by atoms with Crippen LogP contribution in [0.25, 0.3) is 77.1 Å². The molecule has 8 aliphatic carbocycles. The summed E-state index contributed by atoms with van der Waals surface area (Å²) in [4.78, 5) is 16.0. The van der Waals surface area contributed by atoms with Crippen LogP contribution in [0.1, 0.15) is 161 Å². The van der Waals surface area contributed by atoms with Crippen molar-refractivity contribution in [2.75, 3.05) is 0 Å². The van der Waals surface area contributed by atoms with Crippen LogP contribution in [-0.4, -0.2) is 20.7 Å². The summed E-state index contributed by atoms with van der Waals surface area (Å²) in [5.41, 5.74) is 22.0. The maximum Gasteiger partial charge on any atom is 0.358 e. The van der Waals surface area contributed by atoms with Crippen molar-refractivity contribution in [3.8, 4) is 22.5 Å². The number of hydrogen-bond donors (Lipinski definition) is 0. The molecule has 6 heteroatoms. The van der Waals surface area contributed by atoms with E-state index in [-0.39, 0.29) is 12.4 Å². The Kier molecular flexibility index (Phi) is 6.94. The maximum absolute atomic E-state index is 16.0. The van der Waals surface area contributed by atoms with Crippen molar-refractivity contribution in [1.29, 1.82) is 0 Å². The largest absolute Gasteiger partial charge is 0.454 e. The van der Waals surface area contributed by atoms with Gasteiger partial charge in [0.1, 0.15) is 11.3 Å². The second-order valence-corrected chi connectivity index (χ2v) is 24.0. The van der Waals surface area contributed by atoms with Crippen LogP contribution in [0.5, 0.6) is 0 Å². The van der Waals surface area contributed by atoms with Gasteiger partial charge < -0.3 is 8.98 Å². The first-order chi connectivity index (χ1) is 32.8. The summed E-state index contributed by atoms with van der Waals surface area (Å²) >= 11 is 0. The summed E-state index contributed by atoms with van der Waals surface area (Å²) in [5, 5.41) is 6.09. The first kappa shape index (κ1) is 37.3. The Labute approximate surface area is 391 Å². The number of fused-ring (bicyclic) bond motifs is 16. The van der Waals surface area contributed by atoms with Crippen LogP contribution >= 0.6 is 0 Å². The van der Waals surface area contributed by atoms with Crippen LogP contribution in [0.2, 0.25) is 0 Å².